The van der Waals surface area contributed by atoms with Crippen molar-refractivity contribution in [3.05, 3.63) is 71.3 Å². The van der Waals surface area contributed by atoms with E-state index in [1.165, 1.54) is 0 Å². The Labute approximate surface area is 190 Å². The molecule has 170 valence electrons. The number of likely N-dealkylation sites (tertiary alicyclic amines) is 1. The lowest BCUT2D eigenvalue weighted by Crippen LogP contribution is -2.54. The summed E-state index contributed by atoms with van der Waals surface area (Å²) in [5.74, 6) is -0.107. The molecule has 0 aromatic heterocycles. The Morgan fingerprint density at radius 1 is 0.969 bits per heavy atom. The molecule has 1 aliphatic rings. The summed E-state index contributed by atoms with van der Waals surface area (Å²) < 4.78 is 0. The first-order chi connectivity index (χ1) is 15.4. The fourth-order valence-corrected chi connectivity index (χ4v) is 4.06. The van der Waals surface area contributed by atoms with Gasteiger partial charge in [-0.05, 0) is 55.4 Å². The van der Waals surface area contributed by atoms with E-state index in [-0.39, 0.29) is 23.6 Å². The Morgan fingerprint density at radius 2 is 1.59 bits per heavy atom. The normalized spacial score (nSPS) is 15.3. The van der Waals surface area contributed by atoms with Gasteiger partial charge in [-0.25, -0.2) is 0 Å². The predicted molar refractivity (Wildman–Crippen MR) is 125 cm³/mol. The van der Waals surface area contributed by atoms with Crippen LogP contribution < -0.4 is 10.6 Å². The number of hydrogen-bond acceptors (Lipinski definition) is 3. The second-order valence-corrected chi connectivity index (χ2v) is 8.90. The van der Waals surface area contributed by atoms with Crippen molar-refractivity contribution in [2.24, 2.45) is 11.8 Å². The minimum atomic E-state index is -0.630. The molecule has 3 amide bonds. The number of piperidine rings is 1. The van der Waals surface area contributed by atoms with E-state index in [1.54, 1.807) is 6.07 Å². The molecule has 6 heteroatoms. The van der Waals surface area contributed by atoms with E-state index < -0.39 is 6.04 Å². The van der Waals surface area contributed by atoms with Crippen LogP contribution in [0.4, 0.5) is 0 Å². The van der Waals surface area contributed by atoms with Crippen LogP contribution >= 0.6 is 0 Å². The van der Waals surface area contributed by atoms with Gasteiger partial charge in [0, 0.05) is 30.8 Å². The van der Waals surface area contributed by atoms with Crippen molar-refractivity contribution in [2.75, 3.05) is 19.6 Å². The number of amides is 3. The quantitative estimate of drug-likeness (QED) is 0.700. The average Bonchev–Trinajstić information content (AvgIpc) is 2.81. The van der Waals surface area contributed by atoms with E-state index in [0.717, 1.165) is 5.56 Å². The number of nitrogens with one attached hydrogen (secondary N) is 2. The maximum atomic E-state index is 13.0. The van der Waals surface area contributed by atoms with Crippen LogP contribution in [0.2, 0.25) is 0 Å². The Hall–Kier alpha value is -3.15. The van der Waals surface area contributed by atoms with Gasteiger partial charge in [-0.1, -0.05) is 50.2 Å². The van der Waals surface area contributed by atoms with E-state index in [4.69, 9.17) is 0 Å². The van der Waals surface area contributed by atoms with Gasteiger partial charge < -0.3 is 15.5 Å². The smallest absolute Gasteiger partial charge is 0.253 e. The Morgan fingerprint density at radius 3 is 2.22 bits per heavy atom. The molecule has 1 saturated heterocycles. The van der Waals surface area contributed by atoms with E-state index >= 15 is 0 Å². The lowest BCUT2D eigenvalue weighted by Gasteiger charge is -2.36. The standard InChI is InChI=1S/C26H33N3O3/c1-18(2)17-27-25(31)23(28-24(30)22-12-8-7-9-19(22)3)20-13-15-29(16-14-20)26(32)21-10-5-4-6-11-21/h4-12,18,20,23H,13-17H2,1-3H3,(H,27,31)(H,28,30). The molecule has 3 rings (SSSR count). The number of carbonyl (C=O) groups excluding carboxylic acids is 3. The van der Waals surface area contributed by atoms with Crippen LogP contribution in [-0.2, 0) is 4.79 Å². The molecule has 1 aliphatic heterocycles. The SMILES string of the molecule is Cc1ccccc1C(=O)NC(C(=O)NCC(C)C)C1CCN(C(=O)c2ccccc2)CC1. The van der Waals surface area contributed by atoms with Gasteiger partial charge in [0.15, 0.2) is 0 Å². The Bertz CT molecular complexity index is 934. The summed E-state index contributed by atoms with van der Waals surface area (Å²) in [7, 11) is 0. The van der Waals surface area contributed by atoms with E-state index in [1.807, 2.05) is 74.2 Å². The molecular formula is C26H33N3O3. The number of hydrogen-bond donors (Lipinski definition) is 2. The summed E-state index contributed by atoms with van der Waals surface area (Å²) in [5.41, 5.74) is 2.12. The van der Waals surface area contributed by atoms with Crippen molar-refractivity contribution in [1.29, 1.82) is 0 Å². The number of nitrogens with zero attached hydrogens (tertiary/aromatic N) is 1. The third-order valence-electron chi connectivity index (χ3n) is 5.96. The molecule has 2 N–H and O–H groups in total. The first kappa shape index (κ1) is 23.5. The topological polar surface area (TPSA) is 78.5 Å². The maximum Gasteiger partial charge on any atom is 0.253 e. The highest BCUT2D eigenvalue weighted by Crippen LogP contribution is 2.23. The highest BCUT2D eigenvalue weighted by atomic mass is 16.2. The molecule has 0 saturated carbocycles. The van der Waals surface area contributed by atoms with Gasteiger partial charge in [0.2, 0.25) is 5.91 Å². The van der Waals surface area contributed by atoms with Crippen molar-refractivity contribution < 1.29 is 14.4 Å². The van der Waals surface area contributed by atoms with Crippen LogP contribution in [0, 0.1) is 18.8 Å². The van der Waals surface area contributed by atoms with Crippen LogP contribution in [0.5, 0.6) is 0 Å². The van der Waals surface area contributed by atoms with Crippen LogP contribution in [-0.4, -0.2) is 48.3 Å². The second kappa shape index (κ2) is 10.9. The molecule has 6 nitrogen and oxygen atoms in total. The lowest BCUT2D eigenvalue weighted by molar-refractivity contribution is -0.124. The molecular weight excluding hydrogens is 402 g/mol. The maximum absolute atomic E-state index is 13.0. The zero-order valence-corrected chi connectivity index (χ0v) is 19.1. The lowest BCUT2D eigenvalue weighted by atomic mass is 9.88. The fourth-order valence-electron chi connectivity index (χ4n) is 4.06. The molecule has 0 aliphatic carbocycles. The van der Waals surface area contributed by atoms with Crippen molar-refractivity contribution >= 4 is 17.7 Å². The van der Waals surface area contributed by atoms with Gasteiger partial charge in [-0.2, -0.15) is 0 Å². The van der Waals surface area contributed by atoms with E-state index in [2.05, 4.69) is 10.6 Å². The van der Waals surface area contributed by atoms with Crippen LogP contribution in [0.3, 0.4) is 0 Å². The van der Waals surface area contributed by atoms with Crippen molar-refractivity contribution in [2.45, 2.75) is 39.7 Å². The van der Waals surface area contributed by atoms with Crippen LogP contribution in [0.1, 0.15) is 53.0 Å². The minimum absolute atomic E-state index is 0.00815. The van der Waals surface area contributed by atoms with Crippen molar-refractivity contribution in [3.63, 3.8) is 0 Å². The summed E-state index contributed by atoms with van der Waals surface area (Å²) in [6.45, 7) is 7.64. The van der Waals surface area contributed by atoms with E-state index in [9.17, 15) is 14.4 Å². The van der Waals surface area contributed by atoms with E-state index in [0.29, 0.717) is 49.5 Å². The van der Waals surface area contributed by atoms with Gasteiger partial charge in [0.25, 0.3) is 11.8 Å². The molecule has 1 atom stereocenters. The summed E-state index contributed by atoms with van der Waals surface area (Å²) in [6, 6.07) is 16.0. The van der Waals surface area contributed by atoms with Crippen molar-refractivity contribution in [1.82, 2.24) is 15.5 Å². The third kappa shape index (κ3) is 5.96. The molecule has 2 aromatic carbocycles. The van der Waals surface area contributed by atoms with Gasteiger partial charge >= 0.3 is 0 Å². The van der Waals surface area contributed by atoms with Crippen molar-refractivity contribution in [3.8, 4) is 0 Å². The average molecular weight is 436 g/mol. The van der Waals surface area contributed by atoms with Gasteiger partial charge in [-0.3, -0.25) is 14.4 Å². The number of benzene rings is 2. The molecule has 32 heavy (non-hydrogen) atoms. The second-order valence-electron chi connectivity index (χ2n) is 8.90. The molecule has 0 spiro atoms. The summed E-state index contributed by atoms with van der Waals surface area (Å²) in [4.78, 5) is 40.6. The number of aryl methyl sites for hydroxylation is 1. The summed E-state index contributed by atoms with van der Waals surface area (Å²) in [6.07, 6.45) is 1.32. The Kier molecular flexibility index (Phi) is 8.03. The van der Waals surface area contributed by atoms with Crippen LogP contribution in [0.25, 0.3) is 0 Å². The molecule has 1 fully saturated rings. The highest BCUT2D eigenvalue weighted by molar-refractivity contribution is 5.98. The number of carbonyl (C=O) groups is 3. The first-order valence-corrected chi connectivity index (χ1v) is 11.4. The molecule has 1 unspecified atom stereocenters. The zero-order chi connectivity index (χ0) is 23.1. The van der Waals surface area contributed by atoms with Gasteiger partial charge in [-0.15, -0.1) is 0 Å². The highest BCUT2D eigenvalue weighted by Gasteiger charge is 2.34. The summed E-state index contributed by atoms with van der Waals surface area (Å²) in [5, 5.41) is 5.97. The third-order valence-corrected chi connectivity index (χ3v) is 5.96. The molecule has 1 heterocycles. The van der Waals surface area contributed by atoms with Gasteiger partial charge in [0.1, 0.15) is 6.04 Å². The predicted octanol–water partition coefficient (Wildman–Crippen LogP) is 3.42. The molecule has 0 bridgehead atoms. The molecule has 2 aromatic rings. The zero-order valence-electron chi connectivity index (χ0n) is 19.1. The van der Waals surface area contributed by atoms with Gasteiger partial charge in [0.05, 0.1) is 0 Å². The monoisotopic (exact) mass is 435 g/mol. The Balaban J connectivity index is 1.69. The molecule has 0 radical (unpaired) electrons. The fraction of sp³-hybridized carbons (Fsp3) is 0.423. The largest absolute Gasteiger partial charge is 0.354 e. The first-order valence-electron chi connectivity index (χ1n) is 11.4. The summed E-state index contributed by atoms with van der Waals surface area (Å²) >= 11 is 0. The minimum Gasteiger partial charge on any atom is -0.354 e. The number of rotatable bonds is 7. The van der Waals surface area contributed by atoms with Crippen LogP contribution in [0.15, 0.2) is 54.6 Å².